The van der Waals surface area contributed by atoms with Crippen molar-refractivity contribution in [2.45, 2.75) is 31.8 Å². The fourth-order valence-electron chi connectivity index (χ4n) is 3.34. The number of hydrazine groups is 1. The third-order valence-corrected chi connectivity index (χ3v) is 4.85. The highest BCUT2D eigenvalue weighted by atomic mass is 79.9. The van der Waals surface area contributed by atoms with Gasteiger partial charge in [0.1, 0.15) is 0 Å². The number of hydrogen-bond donors (Lipinski definition) is 2. The van der Waals surface area contributed by atoms with E-state index in [1.54, 1.807) is 12.3 Å². The van der Waals surface area contributed by atoms with E-state index in [0.717, 1.165) is 24.1 Å². The van der Waals surface area contributed by atoms with Gasteiger partial charge in [-0.3, -0.25) is 9.69 Å². The third-order valence-electron chi connectivity index (χ3n) is 4.42. The molecule has 0 saturated carbocycles. The Balaban J connectivity index is 1.86. The average Bonchev–Trinajstić information content (AvgIpc) is 2.92. The maximum absolute atomic E-state index is 12.9. The minimum atomic E-state index is -0.00389. The summed E-state index contributed by atoms with van der Waals surface area (Å²) in [5.74, 6) is 5.90. The molecule has 114 valence electrons. The van der Waals surface area contributed by atoms with E-state index in [1.807, 2.05) is 4.90 Å². The molecule has 2 atom stereocenters. The summed E-state index contributed by atoms with van der Waals surface area (Å²) < 4.78 is 0.775. The number of fused-ring (bicyclic) bond motifs is 1. The highest BCUT2D eigenvalue weighted by Gasteiger charge is 2.37. The topological polar surface area (TPSA) is 74.5 Å². The molecule has 2 unspecified atom stereocenters. The van der Waals surface area contributed by atoms with Crippen LogP contribution >= 0.6 is 15.9 Å². The molecule has 2 fully saturated rings. The highest BCUT2D eigenvalue weighted by molar-refractivity contribution is 9.10. The van der Waals surface area contributed by atoms with Crippen molar-refractivity contribution in [3.8, 4) is 0 Å². The normalized spacial score (nSPS) is 25.8. The lowest BCUT2D eigenvalue weighted by atomic mass is 10.1. The lowest BCUT2D eigenvalue weighted by Gasteiger charge is -2.42. The number of halogens is 1. The summed E-state index contributed by atoms with van der Waals surface area (Å²) in [5, 5.41) is 0. The van der Waals surface area contributed by atoms with Crippen LogP contribution < -0.4 is 11.3 Å². The van der Waals surface area contributed by atoms with E-state index < -0.39 is 0 Å². The highest BCUT2D eigenvalue weighted by Crippen LogP contribution is 2.27. The molecular formula is C14H20BrN5O. The molecule has 0 radical (unpaired) electrons. The molecule has 1 aromatic heterocycles. The first-order chi connectivity index (χ1) is 10.1. The largest absolute Gasteiger partial charge is 0.333 e. The zero-order valence-corrected chi connectivity index (χ0v) is 13.6. The molecule has 0 aliphatic carbocycles. The molecule has 0 bridgehead atoms. The Morgan fingerprint density at radius 1 is 1.52 bits per heavy atom. The first kappa shape index (κ1) is 14.7. The van der Waals surface area contributed by atoms with E-state index in [9.17, 15) is 4.79 Å². The Morgan fingerprint density at radius 3 is 3.10 bits per heavy atom. The van der Waals surface area contributed by atoms with Gasteiger partial charge in [0, 0.05) is 35.8 Å². The summed E-state index contributed by atoms with van der Waals surface area (Å²) in [6.45, 7) is 5.00. The predicted octanol–water partition coefficient (Wildman–Crippen LogP) is 1.44. The second-order valence-electron chi connectivity index (χ2n) is 5.79. The molecule has 3 rings (SSSR count). The molecule has 1 amide bonds. The van der Waals surface area contributed by atoms with Gasteiger partial charge in [0.25, 0.3) is 5.91 Å². The average molecular weight is 354 g/mol. The molecule has 3 heterocycles. The second kappa shape index (κ2) is 5.90. The van der Waals surface area contributed by atoms with Crippen molar-refractivity contribution < 1.29 is 4.79 Å². The number of piperazine rings is 1. The van der Waals surface area contributed by atoms with E-state index in [0.29, 0.717) is 17.4 Å². The molecule has 3 N–H and O–H groups in total. The lowest BCUT2D eigenvalue weighted by molar-refractivity contribution is 0.0396. The fraction of sp³-hybridized carbons (Fsp3) is 0.571. The van der Waals surface area contributed by atoms with Gasteiger partial charge < -0.3 is 10.3 Å². The summed E-state index contributed by atoms with van der Waals surface area (Å²) in [5.41, 5.74) is 3.03. The Bertz CT molecular complexity index is 552. The molecule has 0 spiro atoms. The molecule has 6 nitrogen and oxygen atoms in total. The molecule has 1 aromatic rings. The Kier molecular flexibility index (Phi) is 4.14. The van der Waals surface area contributed by atoms with Crippen LogP contribution in [0.15, 0.2) is 16.7 Å². The first-order valence-electron chi connectivity index (χ1n) is 7.27. The molecule has 21 heavy (non-hydrogen) atoms. The number of hydrogen-bond acceptors (Lipinski definition) is 5. The second-order valence-corrected chi connectivity index (χ2v) is 6.71. The van der Waals surface area contributed by atoms with E-state index in [2.05, 4.69) is 38.2 Å². The van der Waals surface area contributed by atoms with Crippen LogP contribution in [0.25, 0.3) is 0 Å². The van der Waals surface area contributed by atoms with Crippen molar-refractivity contribution in [1.82, 2.24) is 14.8 Å². The van der Waals surface area contributed by atoms with Gasteiger partial charge in [0.05, 0.1) is 5.56 Å². The van der Waals surface area contributed by atoms with Crippen LogP contribution in [0.2, 0.25) is 0 Å². The van der Waals surface area contributed by atoms with Crippen LogP contribution in [-0.4, -0.2) is 52.4 Å². The monoisotopic (exact) mass is 353 g/mol. The molecule has 2 aliphatic rings. The van der Waals surface area contributed by atoms with Crippen LogP contribution in [0.1, 0.15) is 30.1 Å². The van der Waals surface area contributed by atoms with Crippen LogP contribution in [0.4, 0.5) is 5.82 Å². The van der Waals surface area contributed by atoms with Crippen molar-refractivity contribution in [3.05, 3.63) is 22.3 Å². The van der Waals surface area contributed by atoms with Crippen molar-refractivity contribution in [2.24, 2.45) is 5.84 Å². The van der Waals surface area contributed by atoms with Gasteiger partial charge in [-0.05, 0) is 48.3 Å². The number of nitrogens with two attached hydrogens (primary N) is 1. The van der Waals surface area contributed by atoms with Gasteiger partial charge in [0.15, 0.2) is 5.82 Å². The van der Waals surface area contributed by atoms with E-state index >= 15 is 0 Å². The Morgan fingerprint density at radius 2 is 2.33 bits per heavy atom. The van der Waals surface area contributed by atoms with Crippen LogP contribution in [0.5, 0.6) is 0 Å². The van der Waals surface area contributed by atoms with E-state index in [-0.39, 0.29) is 11.9 Å². The first-order valence-corrected chi connectivity index (χ1v) is 8.06. The van der Waals surface area contributed by atoms with Crippen LogP contribution in [0.3, 0.4) is 0 Å². The quantitative estimate of drug-likeness (QED) is 0.621. The summed E-state index contributed by atoms with van der Waals surface area (Å²) >= 11 is 3.37. The number of carbonyl (C=O) groups excluding carboxylic acids is 1. The smallest absolute Gasteiger partial charge is 0.258 e. The van der Waals surface area contributed by atoms with Crippen LogP contribution in [-0.2, 0) is 0 Å². The predicted molar refractivity (Wildman–Crippen MR) is 84.8 cm³/mol. The van der Waals surface area contributed by atoms with Crippen molar-refractivity contribution in [1.29, 1.82) is 0 Å². The van der Waals surface area contributed by atoms with Crippen LogP contribution in [0, 0.1) is 0 Å². The van der Waals surface area contributed by atoms with Crippen molar-refractivity contribution in [3.63, 3.8) is 0 Å². The Labute approximate surface area is 132 Å². The Hall–Kier alpha value is -1.18. The molecule has 7 heteroatoms. The number of anilines is 1. The number of amides is 1. The zero-order valence-electron chi connectivity index (χ0n) is 12.1. The summed E-state index contributed by atoms with van der Waals surface area (Å²) in [6.07, 6.45) is 4.03. The minimum absolute atomic E-state index is 0.00389. The molecule has 0 aromatic carbocycles. The minimum Gasteiger partial charge on any atom is -0.333 e. The third kappa shape index (κ3) is 2.77. The summed E-state index contributed by atoms with van der Waals surface area (Å²) in [7, 11) is 0. The van der Waals surface area contributed by atoms with Gasteiger partial charge in [0.2, 0.25) is 0 Å². The lowest BCUT2D eigenvalue weighted by Crippen LogP contribution is -2.56. The molecule has 2 aliphatic heterocycles. The standard InChI is InChI=1S/C14H20BrN5O/c1-9-7-19-4-2-3-11(19)8-20(9)14(21)12-5-10(15)6-17-13(12)18-16/h5-6,9,11H,2-4,7-8,16H2,1H3,(H,17,18). The van der Waals surface area contributed by atoms with E-state index in [1.165, 1.54) is 12.8 Å². The molecule has 2 saturated heterocycles. The van der Waals surface area contributed by atoms with Crippen molar-refractivity contribution >= 4 is 27.7 Å². The van der Waals surface area contributed by atoms with Gasteiger partial charge in [-0.1, -0.05) is 0 Å². The maximum Gasteiger partial charge on any atom is 0.258 e. The van der Waals surface area contributed by atoms with Gasteiger partial charge in [-0.15, -0.1) is 0 Å². The summed E-state index contributed by atoms with van der Waals surface area (Å²) in [6, 6.07) is 2.48. The van der Waals surface area contributed by atoms with E-state index in [4.69, 9.17) is 5.84 Å². The maximum atomic E-state index is 12.9. The zero-order chi connectivity index (χ0) is 15.0. The number of nitrogen functional groups attached to an aromatic ring is 1. The number of rotatable bonds is 2. The number of aromatic nitrogens is 1. The van der Waals surface area contributed by atoms with Crippen molar-refractivity contribution in [2.75, 3.05) is 25.1 Å². The van der Waals surface area contributed by atoms with Gasteiger partial charge in [-0.25, -0.2) is 10.8 Å². The van der Waals surface area contributed by atoms with Gasteiger partial charge >= 0.3 is 0 Å². The number of carbonyl (C=O) groups is 1. The summed E-state index contributed by atoms with van der Waals surface area (Å²) in [4.78, 5) is 21.5. The SMILES string of the molecule is CC1CN2CCCC2CN1C(=O)c1cc(Br)cnc1NN. The van der Waals surface area contributed by atoms with Gasteiger partial charge in [-0.2, -0.15) is 0 Å². The number of nitrogens with one attached hydrogen (secondary N) is 1. The fourth-order valence-corrected chi connectivity index (χ4v) is 3.67. The molecular weight excluding hydrogens is 334 g/mol. The number of pyridine rings is 1. The number of nitrogens with zero attached hydrogens (tertiary/aromatic N) is 3.